The molecule has 0 bridgehead atoms. The van der Waals surface area contributed by atoms with Gasteiger partial charge in [0.1, 0.15) is 11.6 Å². The van der Waals surface area contributed by atoms with E-state index < -0.39 is 0 Å². The zero-order chi connectivity index (χ0) is 24.1. The fourth-order valence-electron chi connectivity index (χ4n) is 4.40. The lowest BCUT2D eigenvalue weighted by Gasteiger charge is -2.35. The van der Waals surface area contributed by atoms with Crippen LogP contribution in [0.25, 0.3) is 0 Å². The number of piperazine rings is 1. The predicted octanol–water partition coefficient (Wildman–Crippen LogP) is 3.72. The number of hydrogen-bond acceptors (Lipinski definition) is 4. The maximum atomic E-state index is 13.7. The molecule has 8 heteroatoms. The zero-order valence-electron chi connectivity index (χ0n) is 20.1. The fourth-order valence-corrected chi connectivity index (χ4v) is 4.40. The van der Waals surface area contributed by atoms with E-state index in [2.05, 4.69) is 27.4 Å². The molecule has 2 heterocycles. The van der Waals surface area contributed by atoms with Crippen molar-refractivity contribution in [2.24, 2.45) is 0 Å². The van der Waals surface area contributed by atoms with Gasteiger partial charge in [-0.25, -0.2) is 9.18 Å². The summed E-state index contributed by atoms with van der Waals surface area (Å²) in [6.45, 7) is 8.46. The molecule has 0 spiro atoms. The number of rotatable bonds is 7. The summed E-state index contributed by atoms with van der Waals surface area (Å²) in [7, 11) is 1.59. The van der Waals surface area contributed by atoms with E-state index in [9.17, 15) is 9.18 Å². The Bertz CT molecular complexity index is 1120. The van der Waals surface area contributed by atoms with E-state index in [1.165, 1.54) is 17.7 Å². The van der Waals surface area contributed by atoms with Gasteiger partial charge in [-0.3, -0.25) is 9.58 Å². The lowest BCUT2D eigenvalue weighted by Crippen LogP contribution is -2.51. The first kappa shape index (κ1) is 23.8. The molecule has 2 aromatic carbocycles. The molecule has 1 saturated heterocycles. The highest BCUT2D eigenvalue weighted by atomic mass is 19.1. The summed E-state index contributed by atoms with van der Waals surface area (Å²) in [5.41, 5.74) is 5.07. The van der Waals surface area contributed by atoms with Crippen LogP contribution in [0.5, 0.6) is 5.75 Å². The molecule has 1 aliphatic rings. The molecule has 1 aliphatic heterocycles. The molecule has 0 radical (unpaired) electrons. The molecule has 180 valence electrons. The first-order valence-corrected chi connectivity index (χ1v) is 11.6. The number of carbonyl (C=O) groups excluding carboxylic acids is 1. The summed E-state index contributed by atoms with van der Waals surface area (Å²) in [6.07, 6.45) is 0. The van der Waals surface area contributed by atoms with E-state index in [1.807, 2.05) is 41.6 Å². The van der Waals surface area contributed by atoms with Crippen molar-refractivity contribution in [2.75, 3.05) is 33.3 Å². The molecule has 1 fully saturated rings. The fraction of sp³-hybridized carbons (Fsp3) is 0.385. The van der Waals surface area contributed by atoms with Crippen molar-refractivity contribution in [3.8, 4) is 5.75 Å². The average molecular weight is 466 g/mol. The molecular weight excluding hydrogens is 433 g/mol. The molecule has 7 nitrogen and oxygen atoms in total. The highest BCUT2D eigenvalue weighted by Crippen LogP contribution is 2.22. The molecule has 0 saturated carbocycles. The van der Waals surface area contributed by atoms with Gasteiger partial charge in [-0.15, -0.1) is 0 Å². The van der Waals surface area contributed by atoms with E-state index >= 15 is 0 Å². The minimum atomic E-state index is -0.272. The summed E-state index contributed by atoms with van der Waals surface area (Å²) >= 11 is 0. The molecule has 1 N–H and O–H groups in total. The van der Waals surface area contributed by atoms with E-state index in [-0.39, 0.29) is 11.8 Å². The van der Waals surface area contributed by atoms with Crippen LogP contribution in [0.1, 0.15) is 28.1 Å². The topological polar surface area (TPSA) is 62.6 Å². The predicted molar refractivity (Wildman–Crippen MR) is 129 cm³/mol. The normalized spacial score (nSPS) is 14.3. The number of hydrogen-bond donors (Lipinski definition) is 1. The Morgan fingerprint density at radius 1 is 1.06 bits per heavy atom. The third kappa shape index (κ3) is 5.56. The van der Waals surface area contributed by atoms with Gasteiger partial charge in [0.05, 0.1) is 19.3 Å². The summed E-state index contributed by atoms with van der Waals surface area (Å²) < 4.78 is 21.0. The summed E-state index contributed by atoms with van der Waals surface area (Å²) in [5.74, 6) is 0.409. The Hall–Kier alpha value is -3.39. The minimum absolute atomic E-state index is 0.0717. The van der Waals surface area contributed by atoms with Crippen LogP contribution in [-0.4, -0.2) is 58.9 Å². The number of ether oxygens (including phenoxy) is 1. The van der Waals surface area contributed by atoms with Crippen molar-refractivity contribution >= 4 is 6.03 Å². The van der Waals surface area contributed by atoms with Gasteiger partial charge >= 0.3 is 6.03 Å². The van der Waals surface area contributed by atoms with Crippen LogP contribution in [0.15, 0.2) is 48.5 Å². The monoisotopic (exact) mass is 465 g/mol. The number of aromatic nitrogens is 2. The van der Waals surface area contributed by atoms with Gasteiger partial charge < -0.3 is 15.0 Å². The first-order chi connectivity index (χ1) is 16.4. The minimum Gasteiger partial charge on any atom is -0.496 e. The lowest BCUT2D eigenvalue weighted by atomic mass is 10.1. The van der Waals surface area contributed by atoms with Gasteiger partial charge in [-0.1, -0.05) is 30.3 Å². The standard InChI is InChI=1S/C26H32FN5O2/c1-19-24(20(2)32(29-19)17-21-7-5-4-6-8-21)16-28-26(33)31-13-11-30(12-14-31)18-22-15-23(27)9-10-25(22)34-3/h4-10,15H,11-14,16-18H2,1-3H3,(H,28,33). The quantitative estimate of drug-likeness (QED) is 0.578. The summed E-state index contributed by atoms with van der Waals surface area (Å²) in [5, 5.41) is 7.74. The number of aryl methyl sites for hydroxylation is 1. The van der Waals surface area contributed by atoms with E-state index in [1.54, 1.807) is 13.2 Å². The van der Waals surface area contributed by atoms with Crippen LogP contribution >= 0.6 is 0 Å². The van der Waals surface area contributed by atoms with Gasteiger partial charge in [0.25, 0.3) is 0 Å². The number of amides is 2. The van der Waals surface area contributed by atoms with Crippen LogP contribution < -0.4 is 10.1 Å². The molecule has 0 unspecified atom stereocenters. The summed E-state index contributed by atoms with van der Waals surface area (Å²) in [6, 6.07) is 14.7. The highest BCUT2D eigenvalue weighted by molar-refractivity contribution is 5.74. The van der Waals surface area contributed by atoms with E-state index in [0.717, 1.165) is 35.6 Å². The van der Waals surface area contributed by atoms with Crippen LogP contribution in [0.3, 0.4) is 0 Å². The number of carbonyl (C=O) groups is 1. The molecule has 0 atom stereocenters. The average Bonchev–Trinajstić information content (AvgIpc) is 3.10. The Morgan fingerprint density at radius 2 is 1.79 bits per heavy atom. The lowest BCUT2D eigenvalue weighted by molar-refractivity contribution is 0.134. The third-order valence-electron chi connectivity index (χ3n) is 6.42. The van der Waals surface area contributed by atoms with Crippen molar-refractivity contribution in [1.82, 2.24) is 24.9 Å². The first-order valence-electron chi connectivity index (χ1n) is 11.6. The van der Waals surface area contributed by atoms with Crippen LogP contribution in [0, 0.1) is 19.7 Å². The number of benzene rings is 2. The van der Waals surface area contributed by atoms with E-state index in [0.29, 0.717) is 38.5 Å². The highest BCUT2D eigenvalue weighted by Gasteiger charge is 2.22. The Balaban J connectivity index is 1.29. The maximum Gasteiger partial charge on any atom is 0.317 e. The molecule has 4 rings (SSSR count). The van der Waals surface area contributed by atoms with Gasteiger partial charge in [0.15, 0.2) is 0 Å². The van der Waals surface area contributed by atoms with Crippen molar-refractivity contribution in [3.05, 3.63) is 82.4 Å². The van der Waals surface area contributed by atoms with Crippen molar-refractivity contribution in [2.45, 2.75) is 33.5 Å². The molecule has 34 heavy (non-hydrogen) atoms. The van der Waals surface area contributed by atoms with E-state index in [4.69, 9.17) is 4.74 Å². The SMILES string of the molecule is COc1ccc(F)cc1CN1CCN(C(=O)NCc2c(C)nn(Cc3ccccc3)c2C)CC1. The molecule has 3 aromatic rings. The van der Waals surface area contributed by atoms with Crippen molar-refractivity contribution in [1.29, 1.82) is 0 Å². The largest absolute Gasteiger partial charge is 0.496 e. The number of nitrogens with one attached hydrogen (secondary N) is 1. The maximum absolute atomic E-state index is 13.7. The Morgan fingerprint density at radius 3 is 2.50 bits per heavy atom. The number of halogens is 1. The number of methoxy groups -OCH3 is 1. The van der Waals surface area contributed by atoms with Gasteiger partial charge in [-0.05, 0) is 37.6 Å². The second-order valence-electron chi connectivity index (χ2n) is 8.67. The summed E-state index contributed by atoms with van der Waals surface area (Å²) in [4.78, 5) is 16.8. The van der Waals surface area contributed by atoms with Crippen molar-refractivity contribution < 1.29 is 13.9 Å². The van der Waals surface area contributed by atoms with Crippen LogP contribution in [-0.2, 0) is 19.6 Å². The van der Waals surface area contributed by atoms with Gasteiger partial charge in [-0.2, -0.15) is 5.10 Å². The van der Waals surface area contributed by atoms with Crippen LogP contribution in [0.4, 0.5) is 9.18 Å². The molecule has 0 aliphatic carbocycles. The molecular formula is C26H32FN5O2. The van der Waals surface area contributed by atoms with Crippen molar-refractivity contribution in [3.63, 3.8) is 0 Å². The molecule has 2 amide bonds. The van der Waals surface area contributed by atoms with Crippen LogP contribution in [0.2, 0.25) is 0 Å². The number of nitrogens with zero attached hydrogens (tertiary/aromatic N) is 4. The van der Waals surface area contributed by atoms with Gasteiger partial charge in [0, 0.05) is 56.1 Å². The second-order valence-corrected chi connectivity index (χ2v) is 8.67. The molecule has 1 aromatic heterocycles. The smallest absolute Gasteiger partial charge is 0.317 e. The van der Waals surface area contributed by atoms with Gasteiger partial charge in [0.2, 0.25) is 0 Å². The Labute approximate surface area is 200 Å². The second kappa shape index (κ2) is 10.7. The number of urea groups is 1. The zero-order valence-corrected chi connectivity index (χ0v) is 20.1. The Kier molecular flexibility index (Phi) is 7.47. The third-order valence-corrected chi connectivity index (χ3v) is 6.42.